The Morgan fingerprint density at radius 3 is 2.74 bits per heavy atom. The Labute approximate surface area is 139 Å². The normalized spacial score (nSPS) is 18.9. The number of alkyl halides is 3. The van der Waals surface area contributed by atoms with Crippen LogP contribution in [0.3, 0.4) is 0 Å². The van der Waals surface area contributed by atoms with Gasteiger partial charge in [0.2, 0.25) is 5.91 Å². The van der Waals surface area contributed by atoms with E-state index in [2.05, 4.69) is 10.6 Å². The third-order valence-electron chi connectivity index (χ3n) is 3.45. The van der Waals surface area contributed by atoms with Gasteiger partial charge in [-0.3, -0.25) is 4.79 Å². The predicted octanol–water partition coefficient (Wildman–Crippen LogP) is 2.76. The van der Waals surface area contributed by atoms with Crippen molar-refractivity contribution in [3.8, 4) is 5.75 Å². The number of amides is 1. The lowest BCUT2D eigenvalue weighted by Gasteiger charge is -2.19. The molecule has 1 saturated heterocycles. The van der Waals surface area contributed by atoms with Crippen molar-refractivity contribution in [3.05, 3.63) is 29.8 Å². The van der Waals surface area contributed by atoms with E-state index in [1.807, 2.05) is 0 Å². The van der Waals surface area contributed by atoms with Gasteiger partial charge >= 0.3 is 6.18 Å². The van der Waals surface area contributed by atoms with E-state index in [1.54, 1.807) is 6.92 Å². The van der Waals surface area contributed by atoms with Gasteiger partial charge in [0.25, 0.3) is 0 Å². The zero-order valence-electron chi connectivity index (χ0n) is 12.7. The SMILES string of the molecule is CC(COc1ccccc1C(F)(F)F)NC(=O)C1CCCN1.Cl. The van der Waals surface area contributed by atoms with Crippen molar-refractivity contribution in [1.82, 2.24) is 10.6 Å². The molecule has 0 bridgehead atoms. The molecule has 0 spiro atoms. The molecule has 1 aliphatic rings. The molecule has 4 nitrogen and oxygen atoms in total. The second kappa shape index (κ2) is 8.40. The van der Waals surface area contributed by atoms with Crippen LogP contribution in [0.2, 0.25) is 0 Å². The summed E-state index contributed by atoms with van der Waals surface area (Å²) < 4.78 is 43.7. The van der Waals surface area contributed by atoms with Gasteiger partial charge in [0.15, 0.2) is 0 Å². The summed E-state index contributed by atoms with van der Waals surface area (Å²) in [6, 6.07) is 4.45. The molecular weight excluding hydrogens is 333 g/mol. The third kappa shape index (κ3) is 5.58. The van der Waals surface area contributed by atoms with Gasteiger partial charge in [-0.05, 0) is 38.4 Å². The number of hydrogen-bond donors (Lipinski definition) is 2. The highest BCUT2D eigenvalue weighted by molar-refractivity contribution is 5.85. The molecule has 2 N–H and O–H groups in total. The summed E-state index contributed by atoms with van der Waals surface area (Å²) in [5, 5.41) is 5.81. The van der Waals surface area contributed by atoms with E-state index in [4.69, 9.17) is 4.74 Å². The fourth-order valence-corrected chi connectivity index (χ4v) is 2.33. The average molecular weight is 353 g/mol. The predicted molar refractivity (Wildman–Crippen MR) is 82.8 cm³/mol. The van der Waals surface area contributed by atoms with E-state index >= 15 is 0 Å². The van der Waals surface area contributed by atoms with Crippen LogP contribution < -0.4 is 15.4 Å². The van der Waals surface area contributed by atoms with Crippen molar-refractivity contribution in [2.45, 2.75) is 38.0 Å². The zero-order valence-corrected chi connectivity index (χ0v) is 13.5. The Morgan fingerprint density at radius 2 is 2.13 bits per heavy atom. The number of halogens is 4. The molecule has 2 unspecified atom stereocenters. The van der Waals surface area contributed by atoms with Crippen LogP contribution in [0.1, 0.15) is 25.3 Å². The number of ether oxygens (including phenoxy) is 1. The number of benzene rings is 1. The van der Waals surface area contributed by atoms with E-state index in [9.17, 15) is 18.0 Å². The van der Waals surface area contributed by atoms with Crippen molar-refractivity contribution < 1.29 is 22.7 Å². The molecule has 2 rings (SSSR count). The summed E-state index contributed by atoms with van der Waals surface area (Å²) in [6.07, 6.45) is -2.74. The zero-order chi connectivity index (χ0) is 16.2. The summed E-state index contributed by atoms with van der Waals surface area (Å²) in [4.78, 5) is 11.9. The number of hydrogen-bond acceptors (Lipinski definition) is 3. The van der Waals surface area contributed by atoms with Gasteiger partial charge in [0.1, 0.15) is 12.4 Å². The van der Waals surface area contributed by atoms with Crippen molar-refractivity contribution in [1.29, 1.82) is 0 Å². The Kier molecular flexibility index (Phi) is 7.15. The minimum atomic E-state index is -4.46. The first-order valence-corrected chi connectivity index (χ1v) is 7.20. The maximum Gasteiger partial charge on any atom is 0.419 e. The molecule has 2 atom stereocenters. The van der Waals surface area contributed by atoms with E-state index in [0.29, 0.717) is 0 Å². The van der Waals surface area contributed by atoms with Gasteiger partial charge in [-0.2, -0.15) is 13.2 Å². The van der Waals surface area contributed by atoms with Crippen molar-refractivity contribution in [2.75, 3.05) is 13.2 Å². The van der Waals surface area contributed by atoms with Crippen molar-refractivity contribution in [2.24, 2.45) is 0 Å². The van der Waals surface area contributed by atoms with Gasteiger partial charge in [0, 0.05) is 0 Å². The Bertz CT molecular complexity index is 520. The Morgan fingerprint density at radius 1 is 1.43 bits per heavy atom. The first-order chi connectivity index (χ1) is 10.4. The van der Waals surface area contributed by atoms with Gasteiger partial charge in [-0.1, -0.05) is 12.1 Å². The van der Waals surface area contributed by atoms with Crippen LogP contribution >= 0.6 is 12.4 Å². The summed E-state index contributed by atoms with van der Waals surface area (Å²) in [5.74, 6) is -0.368. The topological polar surface area (TPSA) is 50.4 Å². The van der Waals surface area contributed by atoms with Crippen LogP contribution in [0.4, 0.5) is 13.2 Å². The lowest BCUT2D eigenvalue weighted by Crippen LogP contribution is -2.46. The Balaban J connectivity index is 0.00000264. The number of carbonyl (C=O) groups excluding carboxylic acids is 1. The van der Waals surface area contributed by atoms with E-state index in [-0.39, 0.29) is 42.8 Å². The van der Waals surface area contributed by atoms with Crippen LogP contribution in [-0.4, -0.2) is 31.1 Å². The summed E-state index contributed by atoms with van der Waals surface area (Å²) in [6.45, 7) is 2.48. The maximum atomic E-state index is 12.8. The molecule has 0 aromatic heterocycles. The molecule has 130 valence electrons. The van der Waals surface area contributed by atoms with Crippen LogP contribution in [-0.2, 0) is 11.0 Å². The maximum absolute atomic E-state index is 12.8. The summed E-state index contributed by atoms with van der Waals surface area (Å²) in [7, 11) is 0. The lowest BCUT2D eigenvalue weighted by molar-refractivity contribution is -0.139. The molecule has 1 aromatic carbocycles. The molecule has 1 aliphatic heterocycles. The molecule has 0 aliphatic carbocycles. The van der Waals surface area contributed by atoms with E-state index in [1.165, 1.54) is 18.2 Å². The molecule has 1 aromatic rings. The van der Waals surface area contributed by atoms with Crippen molar-refractivity contribution in [3.63, 3.8) is 0 Å². The van der Waals surface area contributed by atoms with Crippen LogP contribution in [0.15, 0.2) is 24.3 Å². The quantitative estimate of drug-likeness (QED) is 0.856. The number of nitrogens with one attached hydrogen (secondary N) is 2. The second-order valence-corrected chi connectivity index (χ2v) is 5.36. The third-order valence-corrected chi connectivity index (χ3v) is 3.45. The second-order valence-electron chi connectivity index (χ2n) is 5.36. The first kappa shape index (κ1) is 19.6. The van der Waals surface area contributed by atoms with E-state index < -0.39 is 11.7 Å². The summed E-state index contributed by atoms with van der Waals surface area (Å²) in [5.41, 5.74) is -0.814. The monoisotopic (exact) mass is 352 g/mol. The largest absolute Gasteiger partial charge is 0.491 e. The van der Waals surface area contributed by atoms with Crippen LogP contribution in [0, 0.1) is 0 Å². The van der Waals surface area contributed by atoms with Gasteiger partial charge < -0.3 is 15.4 Å². The van der Waals surface area contributed by atoms with E-state index in [0.717, 1.165) is 25.5 Å². The molecule has 1 amide bonds. The highest BCUT2D eigenvalue weighted by atomic mass is 35.5. The molecule has 0 radical (unpaired) electrons. The van der Waals surface area contributed by atoms with Crippen LogP contribution in [0.5, 0.6) is 5.75 Å². The minimum absolute atomic E-state index is 0. The number of para-hydroxylation sites is 1. The van der Waals surface area contributed by atoms with Gasteiger partial charge in [-0.25, -0.2) is 0 Å². The fraction of sp³-hybridized carbons (Fsp3) is 0.533. The summed E-state index contributed by atoms with van der Waals surface area (Å²) >= 11 is 0. The number of carbonyl (C=O) groups is 1. The minimum Gasteiger partial charge on any atom is -0.491 e. The molecule has 8 heteroatoms. The standard InChI is InChI=1S/C15H19F3N2O2.ClH/c1-10(20-14(21)12-6-4-8-19-12)9-22-13-7-3-2-5-11(13)15(16,17)18;/h2-3,5,7,10,12,19H,4,6,8-9H2,1H3,(H,20,21);1H. The van der Waals surface area contributed by atoms with Crippen LogP contribution in [0.25, 0.3) is 0 Å². The molecule has 1 fully saturated rings. The molecule has 23 heavy (non-hydrogen) atoms. The highest BCUT2D eigenvalue weighted by Gasteiger charge is 2.34. The highest BCUT2D eigenvalue weighted by Crippen LogP contribution is 2.35. The smallest absolute Gasteiger partial charge is 0.419 e. The first-order valence-electron chi connectivity index (χ1n) is 7.20. The van der Waals surface area contributed by atoms with Gasteiger partial charge in [0.05, 0.1) is 17.6 Å². The average Bonchev–Trinajstić information content (AvgIpc) is 2.98. The van der Waals surface area contributed by atoms with Crippen molar-refractivity contribution >= 4 is 18.3 Å². The molecule has 1 heterocycles. The Hall–Kier alpha value is -1.47. The lowest BCUT2D eigenvalue weighted by atomic mass is 10.2. The number of rotatable bonds is 5. The fourth-order valence-electron chi connectivity index (χ4n) is 2.33. The molecular formula is C15H20ClF3N2O2. The van der Waals surface area contributed by atoms with Gasteiger partial charge in [-0.15, -0.1) is 12.4 Å². The molecule has 0 saturated carbocycles.